The van der Waals surface area contributed by atoms with E-state index in [1.807, 2.05) is 30.0 Å². The zero-order chi connectivity index (χ0) is 12.5. The molecule has 0 aliphatic carbocycles. The largest absolute Gasteiger partial charge is 0.397 e. The minimum atomic E-state index is 0.646. The van der Waals surface area contributed by atoms with Crippen LogP contribution in [0.5, 0.6) is 0 Å². The van der Waals surface area contributed by atoms with Gasteiger partial charge in [-0.2, -0.15) is 11.8 Å². The number of nitrogen functional groups attached to an aromatic ring is 2. The molecule has 1 aromatic rings. The van der Waals surface area contributed by atoms with Gasteiger partial charge in [-0.05, 0) is 43.0 Å². The summed E-state index contributed by atoms with van der Waals surface area (Å²) in [6, 6.07) is 5.71. The maximum absolute atomic E-state index is 5.74. The van der Waals surface area contributed by atoms with Crippen LogP contribution in [-0.4, -0.2) is 18.6 Å². The predicted octanol–water partition coefficient (Wildman–Crippen LogP) is 3.19. The van der Waals surface area contributed by atoms with Crippen LogP contribution in [0.2, 0.25) is 0 Å². The topological polar surface area (TPSA) is 64.1 Å². The molecule has 0 radical (unpaired) electrons. The molecule has 96 valence electrons. The third kappa shape index (κ3) is 5.73. The van der Waals surface area contributed by atoms with E-state index in [4.69, 9.17) is 11.5 Å². The van der Waals surface area contributed by atoms with Crippen LogP contribution in [0.25, 0.3) is 0 Å². The fraction of sp³-hybridized carbons (Fsp3) is 0.538. The van der Waals surface area contributed by atoms with Crippen LogP contribution in [0.4, 0.5) is 17.1 Å². The number of unbranched alkanes of at least 4 members (excludes halogenated alkanes) is 3. The molecule has 1 aromatic carbocycles. The Morgan fingerprint density at radius 3 is 2.53 bits per heavy atom. The lowest BCUT2D eigenvalue weighted by molar-refractivity contribution is 0.689. The first-order chi connectivity index (χ1) is 8.24. The highest BCUT2D eigenvalue weighted by atomic mass is 32.2. The molecule has 0 aliphatic rings. The maximum Gasteiger partial charge on any atom is 0.0568 e. The Bertz CT molecular complexity index is 328. The fourth-order valence-corrected chi connectivity index (χ4v) is 2.14. The summed E-state index contributed by atoms with van der Waals surface area (Å²) in [4.78, 5) is 0. The van der Waals surface area contributed by atoms with E-state index in [0.717, 1.165) is 12.2 Å². The summed E-state index contributed by atoms with van der Waals surface area (Å²) in [5.41, 5.74) is 13.7. The summed E-state index contributed by atoms with van der Waals surface area (Å²) in [6.45, 7) is 1.00. The zero-order valence-electron chi connectivity index (χ0n) is 10.5. The molecular formula is C13H23N3S. The van der Waals surface area contributed by atoms with Crippen molar-refractivity contribution in [1.82, 2.24) is 0 Å². The van der Waals surface area contributed by atoms with Crippen LogP contribution in [0.3, 0.4) is 0 Å². The Morgan fingerprint density at radius 1 is 1.06 bits per heavy atom. The molecular weight excluding hydrogens is 230 g/mol. The van der Waals surface area contributed by atoms with Gasteiger partial charge in [0.1, 0.15) is 0 Å². The molecule has 3 nitrogen and oxygen atoms in total. The average molecular weight is 253 g/mol. The van der Waals surface area contributed by atoms with Gasteiger partial charge >= 0.3 is 0 Å². The van der Waals surface area contributed by atoms with Crippen molar-refractivity contribution in [2.24, 2.45) is 0 Å². The first-order valence-corrected chi connectivity index (χ1v) is 7.51. The highest BCUT2D eigenvalue weighted by molar-refractivity contribution is 7.98. The van der Waals surface area contributed by atoms with Gasteiger partial charge in [-0.15, -0.1) is 0 Å². The molecule has 0 bridgehead atoms. The average Bonchev–Trinajstić information content (AvgIpc) is 2.32. The van der Waals surface area contributed by atoms with Crippen LogP contribution in [-0.2, 0) is 0 Å². The van der Waals surface area contributed by atoms with Gasteiger partial charge in [0, 0.05) is 12.2 Å². The molecule has 0 spiro atoms. The van der Waals surface area contributed by atoms with Crippen molar-refractivity contribution in [3.05, 3.63) is 18.2 Å². The number of anilines is 3. The Hall–Kier alpha value is -1.03. The number of nitrogens with one attached hydrogen (secondary N) is 1. The van der Waals surface area contributed by atoms with Crippen LogP contribution >= 0.6 is 11.8 Å². The lowest BCUT2D eigenvalue weighted by Crippen LogP contribution is -2.03. The van der Waals surface area contributed by atoms with E-state index in [-0.39, 0.29) is 0 Å². The predicted molar refractivity (Wildman–Crippen MR) is 80.6 cm³/mol. The molecule has 1 rings (SSSR count). The van der Waals surface area contributed by atoms with Gasteiger partial charge in [0.05, 0.1) is 11.4 Å². The first-order valence-electron chi connectivity index (χ1n) is 6.12. The van der Waals surface area contributed by atoms with Crippen LogP contribution in [0, 0.1) is 0 Å². The standard InChI is InChI=1S/C13H23N3S/c1-17-9-5-3-2-4-8-16-11-6-7-12(14)13(15)10-11/h6-7,10,16H,2-5,8-9,14-15H2,1H3. The molecule has 0 saturated heterocycles. The molecule has 0 atom stereocenters. The van der Waals surface area contributed by atoms with E-state index >= 15 is 0 Å². The summed E-state index contributed by atoms with van der Waals surface area (Å²) >= 11 is 1.92. The van der Waals surface area contributed by atoms with E-state index < -0.39 is 0 Å². The second kappa shape index (κ2) is 8.12. The summed E-state index contributed by atoms with van der Waals surface area (Å²) in [5.74, 6) is 1.28. The Morgan fingerprint density at radius 2 is 1.82 bits per heavy atom. The van der Waals surface area contributed by atoms with Gasteiger partial charge in [0.15, 0.2) is 0 Å². The number of hydrogen-bond donors (Lipinski definition) is 3. The quantitative estimate of drug-likeness (QED) is 0.492. The van der Waals surface area contributed by atoms with E-state index in [2.05, 4.69) is 11.6 Å². The summed E-state index contributed by atoms with van der Waals surface area (Å²) in [6.07, 6.45) is 7.31. The van der Waals surface area contributed by atoms with Gasteiger partial charge in [-0.1, -0.05) is 12.8 Å². The number of rotatable bonds is 8. The lowest BCUT2D eigenvalue weighted by Gasteiger charge is -2.08. The molecule has 17 heavy (non-hydrogen) atoms. The molecule has 0 saturated carbocycles. The van der Waals surface area contributed by atoms with E-state index in [0.29, 0.717) is 11.4 Å². The number of nitrogens with two attached hydrogens (primary N) is 2. The summed E-state index contributed by atoms with van der Waals surface area (Å²) in [5, 5.41) is 3.36. The number of benzene rings is 1. The van der Waals surface area contributed by atoms with Gasteiger partial charge in [-0.25, -0.2) is 0 Å². The second-order valence-electron chi connectivity index (χ2n) is 4.18. The monoisotopic (exact) mass is 253 g/mol. The van der Waals surface area contributed by atoms with Crippen molar-refractivity contribution < 1.29 is 0 Å². The Labute approximate surface area is 108 Å². The van der Waals surface area contributed by atoms with Crippen molar-refractivity contribution in [3.8, 4) is 0 Å². The van der Waals surface area contributed by atoms with E-state index in [9.17, 15) is 0 Å². The second-order valence-corrected chi connectivity index (χ2v) is 5.16. The minimum Gasteiger partial charge on any atom is -0.397 e. The Kier molecular flexibility index (Phi) is 6.70. The van der Waals surface area contributed by atoms with Crippen molar-refractivity contribution in [2.45, 2.75) is 25.7 Å². The molecule has 0 aromatic heterocycles. The van der Waals surface area contributed by atoms with Gasteiger partial charge in [0.2, 0.25) is 0 Å². The van der Waals surface area contributed by atoms with E-state index in [1.54, 1.807) is 0 Å². The molecule has 0 aliphatic heterocycles. The minimum absolute atomic E-state index is 0.646. The molecule has 0 fully saturated rings. The summed E-state index contributed by atoms with van der Waals surface area (Å²) in [7, 11) is 0. The first kappa shape index (κ1) is 14.0. The van der Waals surface area contributed by atoms with Crippen molar-refractivity contribution in [2.75, 3.05) is 35.3 Å². The maximum atomic E-state index is 5.74. The molecule has 0 amide bonds. The van der Waals surface area contributed by atoms with Crippen molar-refractivity contribution >= 4 is 28.8 Å². The number of hydrogen-bond acceptors (Lipinski definition) is 4. The molecule has 0 heterocycles. The normalized spacial score (nSPS) is 10.4. The SMILES string of the molecule is CSCCCCCCNc1ccc(N)c(N)c1. The van der Waals surface area contributed by atoms with Crippen LogP contribution in [0.15, 0.2) is 18.2 Å². The lowest BCUT2D eigenvalue weighted by atomic mass is 10.2. The molecule has 0 unspecified atom stereocenters. The fourth-order valence-electron chi connectivity index (χ4n) is 1.64. The van der Waals surface area contributed by atoms with E-state index in [1.165, 1.54) is 31.4 Å². The smallest absolute Gasteiger partial charge is 0.0568 e. The van der Waals surface area contributed by atoms with Crippen LogP contribution < -0.4 is 16.8 Å². The Balaban J connectivity index is 2.11. The van der Waals surface area contributed by atoms with Gasteiger partial charge in [0.25, 0.3) is 0 Å². The zero-order valence-corrected chi connectivity index (χ0v) is 11.4. The van der Waals surface area contributed by atoms with Gasteiger partial charge in [-0.3, -0.25) is 0 Å². The third-order valence-corrected chi connectivity index (χ3v) is 3.39. The van der Waals surface area contributed by atoms with Crippen molar-refractivity contribution in [3.63, 3.8) is 0 Å². The highest BCUT2D eigenvalue weighted by Gasteiger charge is 1.96. The highest BCUT2D eigenvalue weighted by Crippen LogP contribution is 2.19. The van der Waals surface area contributed by atoms with Gasteiger partial charge < -0.3 is 16.8 Å². The van der Waals surface area contributed by atoms with Crippen LogP contribution in [0.1, 0.15) is 25.7 Å². The number of thioether (sulfide) groups is 1. The third-order valence-electron chi connectivity index (χ3n) is 2.69. The van der Waals surface area contributed by atoms with Crippen molar-refractivity contribution in [1.29, 1.82) is 0 Å². The molecule has 5 N–H and O–H groups in total. The molecule has 4 heteroatoms. The summed E-state index contributed by atoms with van der Waals surface area (Å²) < 4.78 is 0.